The van der Waals surface area contributed by atoms with Gasteiger partial charge in [-0.2, -0.15) is 0 Å². The fourth-order valence-electron chi connectivity index (χ4n) is 3.28. The van der Waals surface area contributed by atoms with Crippen molar-refractivity contribution < 1.29 is 13.9 Å². The van der Waals surface area contributed by atoms with Crippen LogP contribution in [-0.2, 0) is 0 Å². The molecule has 1 aromatic heterocycles. The summed E-state index contributed by atoms with van der Waals surface area (Å²) in [6.45, 7) is 1.91. The average molecular weight is 401 g/mol. The van der Waals surface area contributed by atoms with Crippen molar-refractivity contribution in [3.05, 3.63) is 96.3 Å². The number of benzene rings is 3. The number of halogens is 1. The average Bonchev–Trinajstić information content (AvgIpc) is 3.20. The van der Waals surface area contributed by atoms with Crippen molar-refractivity contribution in [2.24, 2.45) is 0 Å². The summed E-state index contributed by atoms with van der Waals surface area (Å²) in [7, 11) is 1.58. The Kier molecular flexibility index (Phi) is 5.30. The van der Waals surface area contributed by atoms with E-state index in [1.807, 2.05) is 42.0 Å². The van der Waals surface area contributed by atoms with E-state index >= 15 is 0 Å². The molecule has 5 nitrogen and oxygen atoms in total. The maximum atomic E-state index is 13.3. The van der Waals surface area contributed by atoms with Gasteiger partial charge in [0.2, 0.25) is 0 Å². The van der Waals surface area contributed by atoms with Crippen LogP contribution < -0.4 is 10.1 Å². The van der Waals surface area contributed by atoms with E-state index in [0.717, 1.165) is 22.5 Å². The third-order valence-corrected chi connectivity index (χ3v) is 4.75. The quantitative estimate of drug-likeness (QED) is 0.497. The van der Waals surface area contributed by atoms with Crippen LogP contribution in [-0.4, -0.2) is 22.6 Å². The minimum absolute atomic E-state index is 0.261. The standard InChI is InChI=1S/C24H20FN3O2/c1-16-14-28(15-26-16)22-12-11-19(13-23(22)30-2)27-24(29)21-6-4-3-5-20(21)17-7-9-18(25)10-8-17/h3-15H,1-2H3,(H,27,29). The number of methoxy groups -OCH3 is 1. The fourth-order valence-corrected chi connectivity index (χ4v) is 3.28. The summed E-state index contributed by atoms with van der Waals surface area (Å²) in [5.74, 6) is 0.0289. The predicted octanol–water partition coefficient (Wildman–Crippen LogP) is 5.25. The van der Waals surface area contributed by atoms with Crippen LogP contribution in [0.3, 0.4) is 0 Å². The Hall–Kier alpha value is -3.93. The Morgan fingerprint density at radius 2 is 1.83 bits per heavy atom. The molecule has 150 valence electrons. The molecule has 1 amide bonds. The van der Waals surface area contributed by atoms with Gasteiger partial charge < -0.3 is 14.6 Å². The Labute approximate surface area is 173 Å². The number of hydrogen-bond acceptors (Lipinski definition) is 3. The van der Waals surface area contributed by atoms with E-state index in [9.17, 15) is 9.18 Å². The van der Waals surface area contributed by atoms with Crippen LogP contribution in [0.15, 0.2) is 79.3 Å². The third kappa shape index (κ3) is 3.93. The highest BCUT2D eigenvalue weighted by Crippen LogP contribution is 2.29. The molecule has 4 rings (SSSR count). The Morgan fingerprint density at radius 1 is 1.07 bits per heavy atom. The molecule has 0 unspecified atom stereocenters. The first kappa shape index (κ1) is 19.4. The molecule has 1 heterocycles. The number of hydrogen-bond donors (Lipinski definition) is 1. The normalized spacial score (nSPS) is 10.6. The molecule has 4 aromatic rings. The van der Waals surface area contributed by atoms with Gasteiger partial charge in [-0.15, -0.1) is 0 Å². The van der Waals surface area contributed by atoms with Crippen molar-refractivity contribution in [1.29, 1.82) is 0 Å². The molecule has 3 aromatic carbocycles. The molecule has 0 radical (unpaired) electrons. The lowest BCUT2D eigenvalue weighted by molar-refractivity contribution is 0.102. The van der Waals surface area contributed by atoms with Crippen LogP contribution in [0.25, 0.3) is 16.8 Å². The highest BCUT2D eigenvalue weighted by Gasteiger charge is 2.14. The van der Waals surface area contributed by atoms with Crippen LogP contribution in [0.4, 0.5) is 10.1 Å². The summed E-state index contributed by atoms with van der Waals surface area (Å²) in [5, 5.41) is 2.92. The number of anilines is 1. The van der Waals surface area contributed by atoms with E-state index in [1.54, 1.807) is 43.8 Å². The minimum Gasteiger partial charge on any atom is -0.494 e. The first-order valence-corrected chi connectivity index (χ1v) is 9.40. The van der Waals surface area contributed by atoms with E-state index in [0.29, 0.717) is 17.0 Å². The Morgan fingerprint density at radius 3 is 2.53 bits per heavy atom. The second kappa shape index (κ2) is 8.21. The van der Waals surface area contributed by atoms with Gasteiger partial charge in [-0.05, 0) is 48.4 Å². The molecular formula is C24H20FN3O2. The molecule has 0 spiro atoms. The minimum atomic E-state index is -0.319. The molecule has 0 saturated heterocycles. The topological polar surface area (TPSA) is 56.1 Å². The van der Waals surface area contributed by atoms with Gasteiger partial charge in [-0.3, -0.25) is 4.79 Å². The Bertz CT molecular complexity index is 1200. The number of rotatable bonds is 5. The summed E-state index contributed by atoms with van der Waals surface area (Å²) >= 11 is 0. The van der Waals surface area contributed by atoms with E-state index in [4.69, 9.17) is 4.74 Å². The molecular weight excluding hydrogens is 381 g/mol. The van der Waals surface area contributed by atoms with Crippen molar-refractivity contribution in [3.63, 3.8) is 0 Å². The molecule has 6 heteroatoms. The zero-order valence-corrected chi connectivity index (χ0v) is 16.6. The summed E-state index contributed by atoms with van der Waals surface area (Å²) in [5.41, 5.74) is 4.32. The van der Waals surface area contributed by atoms with Gasteiger partial charge in [0.05, 0.1) is 24.8 Å². The van der Waals surface area contributed by atoms with Gasteiger partial charge >= 0.3 is 0 Å². The van der Waals surface area contributed by atoms with E-state index in [2.05, 4.69) is 10.3 Å². The first-order chi connectivity index (χ1) is 14.5. The van der Waals surface area contributed by atoms with E-state index < -0.39 is 0 Å². The SMILES string of the molecule is COc1cc(NC(=O)c2ccccc2-c2ccc(F)cc2)ccc1-n1cnc(C)c1. The second-order valence-corrected chi connectivity index (χ2v) is 6.82. The number of ether oxygens (including phenoxy) is 1. The number of aromatic nitrogens is 2. The third-order valence-electron chi connectivity index (χ3n) is 4.75. The van der Waals surface area contributed by atoms with Crippen molar-refractivity contribution in [1.82, 2.24) is 9.55 Å². The molecule has 0 aliphatic heterocycles. The van der Waals surface area contributed by atoms with Crippen LogP contribution in [0.1, 0.15) is 16.1 Å². The van der Waals surface area contributed by atoms with Crippen LogP contribution in [0, 0.1) is 12.7 Å². The smallest absolute Gasteiger partial charge is 0.256 e. The number of carbonyl (C=O) groups excluding carboxylic acids is 1. The lowest BCUT2D eigenvalue weighted by Gasteiger charge is -2.13. The summed E-state index contributed by atoms with van der Waals surface area (Å²) in [4.78, 5) is 17.2. The van der Waals surface area contributed by atoms with Crippen molar-refractivity contribution in [2.75, 3.05) is 12.4 Å². The van der Waals surface area contributed by atoms with Gasteiger partial charge in [0.1, 0.15) is 11.6 Å². The van der Waals surface area contributed by atoms with Gasteiger partial charge in [0.25, 0.3) is 5.91 Å². The van der Waals surface area contributed by atoms with E-state index in [1.165, 1.54) is 12.1 Å². The summed E-state index contributed by atoms with van der Waals surface area (Å²) < 4.78 is 20.7. The van der Waals surface area contributed by atoms with Gasteiger partial charge in [-0.25, -0.2) is 9.37 Å². The fraction of sp³-hybridized carbons (Fsp3) is 0.0833. The molecule has 30 heavy (non-hydrogen) atoms. The predicted molar refractivity (Wildman–Crippen MR) is 115 cm³/mol. The summed E-state index contributed by atoms with van der Waals surface area (Å²) in [6, 6.07) is 18.8. The molecule has 0 fully saturated rings. The highest BCUT2D eigenvalue weighted by molar-refractivity contribution is 6.08. The molecule has 0 aliphatic rings. The number of aryl methyl sites for hydroxylation is 1. The highest BCUT2D eigenvalue weighted by atomic mass is 19.1. The van der Waals surface area contributed by atoms with Gasteiger partial charge in [0, 0.05) is 23.5 Å². The maximum absolute atomic E-state index is 13.3. The maximum Gasteiger partial charge on any atom is 0.256 e. The lowest BCUT2D eigenvalue weighted by atomic mass is 9.99. The van der Waals surface area contributed by atoms with Crippen LogP contribution in [0.5, 0.6) is 5.75 Å². The lowest BCUT2D eigenvalue weighted by Crippen LogP contribution is -2.13. The molecule has 0 aliphatic carbocycles. The van der Waals surface area contributed by atoms with Crippen molar-refractivity contribution in [2.45, 2.75) is 6.92 Å². The zero-order chi connectivity index (χ0) is 21.1. The number of carbonyl (C=O) groups is 1. The molecule has 1 N–H and O–H groups in total. The van der Waals surface area contributed by atoms with Gasteiger partial charge in [-0.1, -0.05) is 30.3 Å². The monoisotopic (exact) mass is 401 g/mol. The van der Waals surface area contributed by atoms with Gasteiger partial charge in [0.15, 0.2) is 0 Å². The zero-order valence-electron chi connectivity index (χ0n) is 16.6. The Balaban J connectivity index is 1.63. The molecule has 0 atom stereocenters. The number of nitrogens with one attached hydrogen (secondary N) is 1. The second-order valence-electron chi connectivity index (χ2n) is 6.82. The first-order valence-electron chi connectivity index (χ1n) is 9.40. The number of imidazole rings is 1. The summed E-state index contributed by atoms with van der Waals surface area (Å²) in [6.07, 6.45) is 3.61. The molecule has 0 bridgehead atoms. The van der Waals surface area contributed by atoms with Crippen molar-refractivity contribution in [3.8, 4) is 22.6 Å². The molecule has 0 saturated carbocycles. The van der Waals surface area contributed by atoms with Crippen LogP contribution >= 0.6 is 0 Å². The van der Waals surface area contributed by atoms with Crippen LogP contribution in [0.2, 0.25) is 0 Å². The largest absolute Gasteiger partial charge is 0.494 e. The van der Waals surface area contributed by atoms with Crippen molar-refractivity contribution >= 4 is 11.6 Å². The van der Waals surface area contributed by atoms with E-state index in [-0.39, 0.29) is 11.7 Å². The number of nitrogens with zero attached hydrogens (tertiary/aromatic N) is 2. The number of amides is 1.